The molecule has 4 saturated carbocycles. The Hall–Kier alpha value is -0.740. The van der Waals surface area contributed by atoms with Crippen LogP contribution in [0, 0.1) is 11.8 Å². The van der Waals surface area contributed by atoms with Crippen molar-refractivity contribution in [2.24, 2.45) is 11.8 Å². The maximum absolute atomic E-state index is 11.7. The Kier molecular flexibility index (Phi) is 8.94. The summed E-state index contributed by atoms with van der Waals surface area (Å²) in [6, 6.07) is 0. The van der Waals surface area contributed by atoms with Crippen molar-refractivity contribution in [2.75, 3.05) is 13.2 Å². The maximum Gasteiger partial charge on any atom is 0.132 e. The Morgan fingerprint density at radius 3 is 1.53 bits per heavy atom. The number of hydrogen-bond acceptors (Lipinski definition) is 4. The van der Waals surface area contributed by atoms with Crippen molar-refractivity contribution in [1.29, 1.82) is 0 Å². The van der Waals surface area contributed by atoms with Crippen molar-refractivity contribution in [1.82, 2.24) is 0 Å². The highest BCUT2D eigenvalue weighted by molar-refractivity contribution is 5.78. The molecule has 0 radical (unpaired) electrons. The molecule has 4 bridgehead atoms. The summed E-state index contributed by atoms with van der Waals surface area (Å²) >= 11 is 0. The second-order valence-electron chi connectivity index (χ2n) is 10.5. The van der Waals surface area contributed by atoms with Crippen LogP contribution in [0.4, 0.5) is 0 Å². The van der Waals surface area contributed by atoms with Gasteiger partial charge < -0.3 is 9.47 Å². The zero-order chi connectivity index (χ0) is 21.5. The van der Waals surface area contributed by atoms with Gasteiger partial charge in [-0.05, 0) is 82.5 Å². The summed E-state index contributed by atoms with van der Waals surface area (Å²) in [7, 11) is 0. The zero-order valence-electron chi connectivity index (χ0n) is 19.5. The van der Waals surface area contributed by atoms with Gasteiger partial charge in [0.1, 0.15) is 11.6 Å². The second kappa shape index (κ2) is 11.2. The number of hydrogen-bond donors (Lipinski definition) is 0. The summed E-state index contributed by atoms with van der Waals surface area (Å²) in [5, 5.41) is 0. The van der Waals surface area contributed by atoms with Crippen LogP contribution in [0.5, 0.6) is 0 Å². The van der Waals surface area contributed by atoms with Crippen LogP contribution in [-0.4, -0.2) is 36.0 Å². The SMILES string of the molecule is CCCC(=O)CCCCOC12CC3CC(C1)CC(OCCCCC(=O)CCC)(C3)C2. The number of ketones is 2. The van der Waals surface area contributed by atoms with Crippen molar-refractivity contribution in [2.45, 2.75) is 128 Å². The largest absolute Gasteiger partial charge is 0.375 e. The summed E-state index contributed by atoms with van der Waals surface area (Å²) < 4.78 is 13.1. The molecule has 4 aliphatic rings. The van der Waals surface area contributed by atoms with Crippen LogP contribution in [0.1, 0.15) is 117 Å². The van der Waals surface area contributed by atoms with Crippen LogP contribution in [0.2, 0.25) is 0 Å². The third kappa shape index (κ3) is 6.63. The van der Waals surface area contributed by atoms with Crippen molar-refractivity contribution < 1.29 is 19.1 Å². The van der Waals surface area contributed by atoms with Gasteiger partial charge in [-0.15, -0.1) is 0 Å². The van der Waals surface area contributed by atoms with Crippen molar-refractivity contribution in [3.05, 3.63) is 0 Å². The van der Waals surface area contributed by atoms with Crippen molar-refractivity contribution in [3.8, 4) is 0 Å². The first-order valence-corrected chi connectivity index (χ1v) is 12.8. The Bertz CT molecular complexity index is 509. The minimum atomic E-state index is 0.0224. The van der Waals surface area contributed by atoms with E-state index >= 15 is 0 Å². The van der Waals surface area contributed by atoms with Gasteiger partial charge in [0.05, 0.1) is 11.2 Å². The molecule has 0 N–H and O–H groups in total. The summed E-state index contributed by atoms with van der Waals surface area (Å²) in [6.07, 6.45) is 15.9. The average Bonchev–Trinajstić information content (AvgIpc) is 2.66. The molecule has 0 aliphatic heterocycles. The van der Waals surface area contributed by atoms with Gasteiger partial charge in [0, 0.05) is 45.3 Å². The molecule has 0 amide bonds. The first kappa shape index (κ1) is 23.9. The monoisotopic (exact) mass is 420 g/mol. The maximum atomic E-state index is 11.7. The van der Waals surface area contributed by atoms with E-state index < -0.39 is 0 Å². The van der Waals surface area contributed by atoms with Gasteiger partial charge in [0.25, 0.3) is 0 Å². The van der Waals surface area contributed by atoms with E-state index in [1.54, 1.807) is 0 Å². The third-order valence-corrected chi connectivity index (χ3v) is 7.53. The molecule has 0 aromatic rings. The molecule has 4 fully saturated rings. The van der Waals surface area contributed by atoms with Gasteiger partial charge in [-0.3, -0.25) is 9.59 Å². The normalized spacial score (nSPS) is 31.9. The standard InChI is InChI=1S/C26H44O4/c1-3-9-23(27)11-5-7-13-29-25-16-21-15-22(17-25)19-26(18-21,20-25)30-14-8-6-12-24(28)10-4-2/h21-22H,3-20H2,1-2H3. The van der Waals surface area contributed by atoms with E-state index in [1.807, 2.05) is 0 Å². The van der Waals surface area contributed by atoms with Gasteiger partial charge >= 0.3 is 0 Å². The molecular formula is C26H44O4. The minimum absolute atomic E-state index is 0.0224. The van der Waals surface area contributed by atoms with Gasteiger partial charge in [0.15, 0.2) is 0 Å². The van der Waals surface area contributed by atoms with Gasteiger partial charge in [-0.2, -0.15) is 0 Å². The Labute approximate surface area is 183 Å². The lowest BCUT2D eigenvalue weighted by molar-refractivity contribution is -0.237. The fourth-order valence-corrected chi connectivity index (χ4v) is 6.67. The van der Waals surface area contributed by atoms with E-state index in [0.29, 0.717) is 24.4 Å². The third-order valence-electron chi connectivity index (χ3n) is 7.53. The molecule has 0 aromatic heterocycles. The van der Waals surface area contributed by atoms with Crippen molar-refractivity contribution in [3.63, 3.8) is 0 Å². The van der Waals surface area contributed by atoms with E-state index in [9.17, 15) is 9.59 Å². The van der Waals surface area contributed by atoms with E-state index in [1.165, 1.54) is 32.1 Å². The quantitative estimate of drug-likeness (QED) is 0.279. The molecule has 0 atom stereocenters. The van der Waals surface area contributed by atoms with Crippen LogP contribution in [0.25, 0.3) is 0 Å². The molecule has 4 rings (SSSR count). The summed E-state index contributed by atoms with van der Waals surface area (Å²) in [6.45, 7) is 5.71. The molecule has 30 heavy (non-hydrogen) atoms. The minimum Gasteiger partial charge on any atom is -0.375 e. The van der Waals surface area contributed by atoms with E-state index in [-0.39, 0.29) is 11.2 Å². The Balaban J connectivity index is 1.41. The lowest BCUT2D eigenvalue weighted by Crippen LogP contribution is -2.61. The average molecular weight is 421 g/mol. The summed E-state index contributed by atoms with van der Waals surface area (Å²) in [4.78, 5) is 23.4. The predicted molar refractivity (Wildman–Crippen MR) is 120 cm³/mol. The molecule has 0 heterocycles. The molecule has 4 aliphatic carbocycles. The van der Waals surface area contributed by atoms with Crippen LogP contribution in [0.15, 0.2) is 0 Å². The van der Waals surface area contributed by atoms with Crippen LogP contribution in [0.3, 0.4) is 0 Å². The van der Waals surface area contributed by atoms with E-state index in [4.69, 9.17) is 9.47 Å². The van der Waals surface area contributed by atoms with Gasteiger partial charge in [0.2, 0.25) is 0 Å². The number of carbonyl (C=O) groups excluding carboxylic acids is 2. The van der Waals surface area contributed by atoms with Crippen LogP contribution < -0.4 is 0 Å². The molecule has 0 saturated heterocycles. The second-order valence-corrected chi connectivity index (χ2v) is 10.5. The summed E-state index contributed by atoms with van der Waals surface area (Å²) in [5.41, 5.74) is 0.0448. The topological polar surface area (TPSA) is 52.6 Å². The molecule has 4 heteroatoms. The first-order chi connectivity index (χ1) is 14.5. The first-order valence-electron chi connectivity index (χ1n) is 12.8. The summed E-state index contributed by atoms with van der Waals surface area (Å²) in [5.74, 6) is 2.30. The molecule has 172 valence electrons. The lowest BCUT2D eigenvalue weighted by Gasteiger charge is -2.61. The predicted octanol–water partition coefficient (Wildman–Crippen LogP) is 6.19. The smallest absolute Gasteiger partial charge is 0.132 e. The van der Waals surface area contributed by atoms with Gasteiger partial charge in [-0.25, -0.2) is 0 Å². The fraction of sp³-hybridized carbons (Fsp3) is 0.923. The Morgan fingerprint density at radius 1 is 0.700 bits per heavy atom. The molecule has 0 spiro atoms. The number of ether oxygens (including phenoxy) is 2. The van der Waals surface area contributed by atoms with E-state index in [0.717, 1.165) is 82.8 Å². The van der Waals surface area contributed by atoms with Gasteiger partial charge in [-0.1, -0.05) is 13.8 Å². The highest BCUT2D eigenvalue weighted by Gasteiger charge is 2.59. The van der Waals surface area contributed by atoms with Crippen LogP contribution >= 0.6 is 0 Å². The molecular weight excluding hydrogens is 376 g/mol. The van der Waals surface area contributed by atoms with Crippen LogP contribution in [-0.2, 0) is 19.1 Å². The number of unbranched alkanes of at least 4 members (excludes halogenated alkanes) is 2. The van der Waals surface area contributed by atoms with E-state index in [2.05, 4.69) is 13.8 Å². The fourth-order valence-electron chi connectivity index (χ4n) is 6.67. The highest BCUT2D eigenvalue weighted by atomic mass is 16.5. The highest BCUT2D eigenvalue weighted by Crippen LogP contribution is 2.60. The van der Waals surface area contributed by atoms with Crippen molar-refractivity contribution >= 4 is 11.6 Å². The number of Topliss-reactive ketones (excluding diaryl/α,β-unsaturated/α-hetero) is 2. The molecule has 0 unspecified atom stereocenters. The molecule has 4 nitrogen and oxygen atoms in total. The molecule has 0 aromatic carbocycles. The Morgan fingerprint density at radius 2 is 1.13 bits per heavy atom. The number of rotatable bonds is 16. The number of carbonyl (C=O) groups is 2. The lowest BCUT2D eigenvalue weighted by atomic mass is 9.52. The zero-order valence-corrected chi connectivity index (χ0v) is 19.5.